The molecule has 0 bridgehead atoms. The molecule has 1 saturated carbocycles. The van der Waals surface area contributed by atoms with E-state index in [4.69, 9.17) is 0 Å². The van der Waals surface area contributed by atoms with Crippen molar-refractivity contribution in [2.45, 2.75) is 65.0 Å². The van der Waals surface area contributed by atoms with Crippen molar-refractivity contribution in [3.63, 3.8) is 0 Å². The van der Waals surface area contributed by atoms with Crippen LogP contribution in [0.15, 0.2) is 18.2 Å². The molecule has 118 valence electrons. The van der Waals surface area contributed by atoms with Gasteiger partial charge in [-0.3, -0.25) is 0 Å². The van der Waals surface area contributed by atoms with Crippen LogP contribution in [0.5, 0.6) is 0 Å². The van der Waals surface area contributed by atoms with Gasteiger partial charge in [0.15, 0.2) is 0 Å². The maximum absolute atomic E-state index is 3.77. The molecular weight excluding hydrogens is 256 g/mol. The summed E-state index contributed by atoms with van der Waals surface area (Å²) in [5, 5.41) is 3.77. The SMILES string of the molecule is CCCNC(CN(C)C1CCCC1)c1cc(C)ccc1C. The van der Waals surface area contributed by atoms with Crippen molar-refractivity contribution in [2.24, 2.45) is 0 Å². The molecule has 1 atom stereocenters. The van der Waals surface area contributed by atoms with E-state index < -0.39 is 0 Å². The van der Waals surface area contributed by atoms with Gasteiger partial charge >= 0.3 is 0 Å². The summed E-state index contributed by atoms with van der Waals surface area (Å²) >= 11 is 0. The molecule has 1 aliphatic carbocycles. The second-order valence-electron chi connectivity index (χ2n) is 6.74. The van der Waals surface area contributed by atoms with Gasteiger partial charge in [0.1, 0.15) is 0 Å². The number of hydrogen-bond acceptors (Lipinski definition) is 2. The van der Waals surface area contributed by atoms with Gasteiger partial charge in [-0.2, -0.15) is 0 Å². The van der Waals surface area contributed by atoms with Crippen LogP contribution in [-0.4, -0.2) is 31.1 Å². The Morgan fingerprint density at radius 2 is 1.95 bits per heavy atom. The Morgan fingerprint density at radius 1 is 1.24 bits per heavy atom. The maximum atomic E-state index is 3.77. The summed E-state index contributed by atoms with van der Waals surface area (Å²) in [6.07, 6.45) is 6.76. The van der Waals surface area contributed by atoms with Crippen molar-refractivity contribution < 1.29 is 0 Å². The van der Waals surface area contributed by atoms with Gasteiger partial charge in [0, 0.05) is 18.6 Å². The van der Waals surface area contributed by atoms with E-state index in [1.54, 1.807) is 0 Å². The Kier molecular flexibility index (Phi) is 6.25. The van der Waals surface area contributed by atoms with Crippen molar-refractivity contribution >= 4 is 0 Å². The summed E-state index contributed by atoms with van der Waals surface area (Å²) in [4.78, 5) is 2.59. The lowest BCUT2D eigenvalue weighted by Gasteiger charge is -2.30. The molecule has 2 rings (SSSR count). The zero-order valence-corrected chi connectivity index (χ0v) is 14.3. The van der Waals surface area contributed by atoms with E-state index in [0.29, 0.717) is 6.04 Å². The molecule has 1 aliphatic rings. The summed E-state index contributed by atoms with van der Waals surface area (Å²) in [6, 6.07) is 8.10. The van der Waals surface area contributed by atoms with Crippen LogP contribution in [0.4, 0.5) is 0 Å². The summed E-state index contributed by atoms with van der Waals surface area (Å²) in [5.41, 5.74) is 4.25. The molecule has 21 heavy (non-hydrogen) atoms. The molecule has 0 saturated heterocycles. The van der Waals surface area contributed by atoms with Crippen molar-refractivity contribution in [3.05, 3.63) is 34.9 Å². The minimum absolute atomic E-state index is 0.454. The molecule has 0 aromatic heterocycles. The lowest BCUT2D eigenvalue weighted by Crippen LogP contribution is -2.38. The van der Waals surface area contributed by atoms with Crippen LogP contribution in [0.3, 0.4) is 0 Å². The number of nitrogens with zero attached hydrogens (tertiary/aromatic N) is 1. The van der Waals surface area contributed by atoms with Crippen LogP contribution in [0.1, 0.15) is 61.8 Å². The quantitative estimate of drug-likeness (QED) is 0.808. The van der Waals surface area contributed by atoms with Crippen molar-refractivity contribution in [1.82, 2.24) is 10.2 Å². The fourth-order valence-electron chi connectivity index (χ4n) is 3.51. The molecule has 1 unspecified atom stereocenters. The number of benzene rings is 1. The van der Waals surface area contributed by atoms with E-state index in [2.05, 4.69) is 56.2 Å². The highest BCUT2D eigenvalue weighted by atomic mass is 15.2. The van der Waals surface area contributed by atoms with Gasteiger partial charge in [0.05, 0.1) is 0 Å². The van der Waals surface area contributed by atoms with Gasteiger partial charge in [-0.25, -0.2) is 0 Å². The summed E-state index contributed by atoms with van der Waals surface area (Å²) in [7, 11) is 2.31. The number of hydrogen-bond donors (Lipinski definition) is 1. The predicted molar refractivity (Wildman–Crippen MR) is 91.8 cm³/mol. The van der Waals surface area contributed by atoms with Crippen LogP contribution >= 0.6 is 0 Å². The molecular formula is C19H32N2. The third-order valence-corrected chi connectivity index (χ3v) is 4.87. The lowest BCUT2D eigenvalue weighted by molar-refractivity contribution is 0.219. The normalized spacial score (nSPS) is 17.6. The zero-order chi connectivity index (χ0) is 15.2. The van der Waals surface area contributed by atoms with Crippen molar-refractivity contribution in [3.8, 4) is 0 Å². The van der Waals surface area contributed by atoms with Crippen LogP contribution in [-0.2, 0) is 0 Å². The zero-order valence-electron chi connectivity index (χ0n) is 14.3. The van der Waals surface area contributed by atoms with Crippen molar-refractivity contribution in [2.75, 3.05) is 20.1 Å². The van der Waals surface area contributed by atoms with Gasteiger partial charge in [-0.15, -0.1) is 0 Å². The Hall–Kier alpha value is -0.860. The molecule has 1 aromatic rings. The average molecular weight is 288 g/mol. The fraction of sp³-hybridized carbons (Fsp3) is 0.684. The van der Waals surface area contributed by atoms with Gasteiger partial charge in [-0.05, 0) is 57.8 Å². The summed E-state index contributed by atoms with van der Waals surface area (Å²) in [5.74, 6) is 0. The number of aryl methyl sites for hydroxylation is 2. The minimum Gasteiger partial charge on any atom is -0.309 e. The highest BCUT2D eigenvalue weighted by molar-refractivity contribution is 5.33. The first-order valence-corrected chi connectivity index (χ1v) is 8.62. The predicted octanol–water partition coefficient (Wildman–Crippen LogP) is 4.22. The molecule has 0 heterocycles. The van der Waals surface area contributed by atoms with Gasteiger partial charge in [0.2, 0.25) is 0 Å². The van der Waals surface area contributed by atoms with Crippen LogP contribution in [0.2, 0.25) is 0 Å². The fourth-order valence-corrected chi connectivity index (χ4v) is 3.51. The highest BCUT2D eigenvalue weighted by Crippen LogP contribution is 2.26. The van der Waals surface area contributed by atoms with E-state index in [1.807, 2.05) is 0 Å². The first-order chi connectivity index (χ1) is 10.1. The lowest BCUT2D eigenvalue weighted by atomic mass is 9.98. The van der Waals surface area contributed by atoms with E-state index in [0.717, 1.165) is 19.1 Å². The summed E-state index contributed by atoms with van der Waals surface area (Å²) < 4.78 is 0. The minimum atomic E-state index is 0.454. The molecule has 2 nitrogen and oxygen atoms in total. The Bertz CT molecular complexity index is 435. The van der Waals surface area contributed by atoms with Gasteiger partial charge < -0.3 is 10.2 Å². The molecule has 1 fully saturated rings. The topological polar surface area (TPSA) is 15.3 Å². The average Bonchev–Trinajstić information content (AvgIpc) is 3.00. The molecule has 0 aliphatic heterocycles. The van der Waals surface area contributed by atoms with Crippen molar-refractivity contribution in [1.29, 1.82) is 0 Å². The second kappa shape index (κ2) is 7.95. The molecule has 0 amide bonds. The Labute approximate surface area is 130 Å². The van der Waals surface area contributed by atoms with E-state index in [1.165, 1.54) is 48.8 Å². The van der Waals surface area contributed by atoms with E-state index >= 15 is 0 Å². The van der Waals surface area contributed by atoms with E-state index in [-0.39, 0.29) is 0 Å². The van der Waals surface area contributed by atoms with Gasteiger partial charge in [-0.1, -0.05) is 43.5 Å². The standard InChI is InChI=1S/C19H32N2/c1-5-12-20-19(14-21(4)17-8-6-7-9-17)18-13-15(2)10-11-16(18)3/h10-11,13,17,19-20H,5-9,12,14H2,1-4H3. The number of rotatable bonds is 7. The third-order valence-electron chi connectivity index (χ3n) is 4.87. The monoisotopic (exact) mass is 288 g/mol. The van der Waals surface area contributed by atoms with Crippen LogP contribution < -0.4 is 5.32 Å². The summed E-state index contributed by atoms with van der Waals surface area (Å²) in [6.45, 7) is 8.89. The third kappa shape index (κ3) is 4.55. The second-order valence-corrected chi connectivity index (χ2v) is 6.74. The number of likely N-dealkylation sites (N-methyl/N-ethyl adjacent to an activating group) is 1. The highest BCUT2D eigenvalue weighted by Gasteiger charge is 2.23. The van der Waals surface area contributed by atoms with Crippen LogP contribution in [0.25, 0.3) is 0 Å². The Morgan fingerprint density at radius 3 is 2.62 bits per heavy atom. The Balaban J connectivity index is 2.11. The van der Waals surface area contributed by atoms with Gasteiger partial charge in [0.25, 0.3) is 0 Å². The largest absolute Gasteiger partial charge is 0.309 e. The molecule has 1 aromatic carbocycles. The van der Waals surface area contributed by atoms with Crippen LogP contribution in [0, 0.1) is 13.8 Å². The molecule has 2 heteroatoms. The molecule has 1 N–H and O–H groups in total. The first-order valence-electron chi connectivity index (χ1n) is 8.62. The maximum Gasteiger partial charge on any atom is 0.0452 e. The molecule has 0 spiro atoms. The first kappa shape index (κ1) is 16.5. The molecule has 0 radical (unpaired) electrons. The number of nitrogens with one attached hydrogen (secondary N) is 1. The smallest absolute Gasteiger partial charge is 0.0452 e. The van der Waals surface area contributed by atoms with E-state index in [9.17, 15) is 0 Å².